The van der Waals surface area contributed by atoms with Crippen molar-refractivity contribution in [3.63, 3.8) is 0 Å². The molecule has 0 fully saturated rings. The maximum Gasteiger partial charge on any atom is 0.0900 e. The fraction of sp³-hybridized carbons (Fsp3) is 0.769. The molecule has 2 nitrogen and oxygen atoms in total. The van der Waals surface area contributed by atoms with Crippen molar-refractivity contribution in [3.8, 4) is 0 Å². The van der Waals surface area contributed by atoms with E-state index in [2.05, 4.69) is 38.0 Å². The van der Waals surface area contributed by atoms with Gasteiger partial charge in [-0.2, -0.15) is 0 Å². The van der Waals surface area contributed by atoms with Crippen molar-refractivity contribution in [1.29, 1.82) is 0 Å². The number of aromatic nitrogens is 1. The van der Waals surface area contributed by atoms with Crippen molar-refractivity contribution in [2.45, 2.75) is 59.4 Å². The Bertz CT molecular complexity index is 307. The zero-order valence-corrected chi connectivity index (χ0v) is 11.8. The molecule has 1 aromatic heterocycles. The Morgan fingerprint density at radius 3 is 2.69 bits per heavy atom. The highest BCUT2D eigenvalue weighted by Gasteiger charge is 2.05. The van der Waals surface area contributed by atoms with Crippen molar-refractivity contribution in [1.82, 2.24) is 10.3 Å². The molecule has 1 heterocycles. The summed E-state index contributed by atoms with van der Waals surface area (Å²) < 4.78 is 0. The van der Waals surface area contributed by atoms with E-state index in [-0.39, 0.29) is 0 Å². The van der Waals surface area contributed by atoms with E-state index >= 15 is 0 Å². The molecule has 0 amide bonds. The molecule has 92 valence electrons. The van der Waals surface area contributed by atoms with Crippen LogP contribution in [0, 0.1) is 13.8 Å². The minimum absolute atomic E-state index is 0.647. The van der Waals surface area contributed by atoms with E-state index in [1.54, 1.807) is 0 Å². The summed E-state index contributed by atoms with van der Waals surface area (Å²) in [5.74, 6) is 0. The molecule has 1 atom stereocenters. The molecular formula is C13H24N2S. The van der Waals surface area contributed by atoms with E-state index in [9.17, 15) is 0 Å². The topological polar surface area (TPSA) is 24.9 Å². The van der Waals surface area contributed by atoms with Crippen LogP contribution in [0.25, 0.3) is 0 Å². The molecule has 16 heavy (non-hydrogen) atoms. The van der Waals surface area contributed by atoms with Crippen LogP contribution in [0.5, 0.6) is 0 Å². The number of rotatable bonds is 7. The lowest BCUT2D eigenvalue weighted by Crippen LogP contribution is -2.27. The lowest BCUT2D eigenvalue weighted by atomic mass is 10.1. The van der Waals surface area contributed by atoms with Crippen LogP contribution < -0.4 is 5.32 Å². The minimum Gasteiger partial charge on any atom is -0.314 e. The quantitative estimate of drug-likeness (QED) is 0.789. The number of nitrogens with one attached hydrogen (secondary N) is 1. The second kappa shape index (κ2) is 7.02. The lowest BCUT2D eigenvalue weighted by Gasteiger charge is -2.12. The Morgan fingerprint density at radius 2 is 2.12 bits per heavy atom. The monoisotopic (exact) mass is 240 g/mol. The largest absolute Gasteiger partial charge is 0.314 e. The predicted octanol–water partition coefficient (Wildman–Crippen LogP) is 3.47. The van der Waals surface area contributed by atoms with Gasteiger partial charge in [0.1, 0.15) is 0 Å². The third-order valence-corrected chi connectivity index (χ3v) is 3.97. The van der Waals surface area contributed by atoms with Crippen molar-refractivity contribution in [2.24, 2.45) is 0 Å². The van der Waals surface area contributed by atoms with Crippen LogP contribution in [0.3, 0.4) is 0 Å². The van der Waals surface area contributed by atoms with E-state index in [0.29, 0.717) is 6.04 Å². The highest BCUT2D eigenvalue weighted by molar-refractivity contribution is 7.11. The molecule has 3 heteroatoms. The van der Waals surface area contributed by atoms with Crippen LogP contribution in [0.1, 0.15) is 48.7 Å². The van der Waals surface area contributed by atoms with Gasteiger partial charge in [0.25, 0.3) is 0 Å². The smallest absolute Gasteiger partial charge is 0.0900 e. The van der Waals surface area contributed by atoms with Crippen LogP contribution in [-0.4, -0.2) is 17.6 Å². The van der Waals surface area contributed by atoms with Gasteiger partial charge in [-0.25, -0.2) is 4.98 Å². The number of unbranched alkanes of at least 4 members (excludes halogenated alkanes) is 1. The second-order valence-corrected chi connectivity index (χ2v) is 5.78. The number of hydrogen-bond donors (Lipinski definition) is 1. The molecule has 0 radical (unpaired) electrons. The van der Waals surface area contributed by atoms with Gasteiger partial charge >= 0.3 is 0 Å². The number of nitrogens with zero attached hydrogens (tertiary/aromatic N) is 1. The first-order valence-electron chi connectivity index (χ1n) is 6.29. The first-order chi connectivity index (χ1) is 7.63. The van der Waals surface area contributed by atoms with Gasteiger partial charge in [0.15, 0.2) is 0 Å². The molecule has 0 aromatic carbocycles. The molecule has 1 rings (SSSR count). The van der Waals surface area contributed by atoms with Crippen molar-refractivity contribution in [3.05, 3.63) is 15.6 Å². The molecule has 0 aliphatic heterocycles. The summed E-state index contributed by atoms with van der Waals surface area (Å²) in [6.45, 7) is 9.79. The summed E-state index contributed by atoms with van der Waals surface area (Å²) in [4.78, 5) is 5.89. The normalized spacial score (nSPS) is 13.0. The van der Waals surface area contributed by atoms with Crippen molar-refractivity contribution >= 4 is 11.3 Å². The maximum atomic E-state index is 4.45. The summed E-state index contributed by atoms with van der Waals surface area (Å²) in [5, 5.41) is 4.77. The van der Waals surface area contributed by atoms with Crippen LogP contribution in [0.15, 0.2) is 0 Å². The Balaban J connectivity index is 2.22. The van der Waals surface area contributed by atoms with Crippen LogP contribution >= 0.6 is 11.3 Å². The molecule has 0 aliphatic carbocycles. The standard InChI is InChI=1S/C13H24N2S/c1-5-6-7-10(2)14-9-8-13-11(3)15-12(4)16-13/h10,14H,5-9H2,1-4H3. The van der Waals surface area contributed by atoms with Gasteiger partial charge in [-0.1, -0.05) is 19.8 Å². The molecule has 1 N–H and O–H groups in total. The van der Waals surface area contributed by atoms with Gasteiger partial charge in [0, 0.05) is 17.5 Å². The molecular weight excluding hydrogens is 216 g/mol. The van der Waals surface area contributed by atoms with E-state index < -0.39 is 0 Å². The zero-order valence-electron chi connectivity index (χ0n) is 11.0. The second-order valence-electron chi connectivity index (χ2n) is 4.49. The molecule has 1 unspecified atom stereocenters. The first kappa shape index (κ1) is 13.7. The third kappa shape index (κ3) is 4.62. The Kier molecular flexibility index (Phi) is 5.99. The molecule has 0 saturated heterocycles. The average molecular weight is 240 g/mol. The highest BCUT2D eigenvalue weighted by atomic mass is 32.1. The van der Waals surface area contributed by atoms with Gasteiger partial charge in [0.05, 0.1) is 10.7 Å². The third-order valence-electron chi connectivity index (χ3n) is 2.84. The number of hydrogen-bond acceptors (Lipinski definition) is 3. The Hall–Kier alpha value is -0.410. The van der Waals surface area contributed by atoms with E-state index in [1.165, 1.54) is 34.8 Å². The molecule has 0 spiro atoms. The van der Waals surface area contributed by atoms with Gasteiger partial charge < -0.3 is 5.32 Å². The van der Waals surface area contributed by atoms with E-state index in [1.807, 2.05) is 11.3 Å². The minimum atomic E-state index is 0.647. The van der Waals surface area contributed by atoms with Gasteiger partial charge in [-0.15, -0.1) is 11.3 Å². The van der Waals surface area contributed by atoms with Crippen molar-refractivity contribution in [2.75, 3.05) is 6.54 Å². The Labute approximate surface area is 103 Å². The van der Waals surface area contributed by atoms with E-state index in [0.717, 1.165) is 13.0 Å². The number of aryl methyl sites for hydroxylation is 2. The fourth-order valence-electron chi connectivity index (χ4n) is 1.85. The first-order valence-corrected chi connectivity index (χ1v) is 7.11. The maximum absolute atomic E-state index is 4.45. The molecule has 0 saturated carbocycles. The highest BCUT2D eigenvalue weighted by Crippen LogP contribution is 2.17. The average Bonchev–Trinajstić information content (AvgIpc) is 2.55. The van der Waals surface area contributed by atoms with Gasteiger partial charge in [-0.3, -0.25) is 0 Å². The zero-order chi connectivity index (χ0) is 12.0. The molecule has 1 aromatic rings. The Morgan fingerprint density at radius 1 is 1.38 bits per heavy atom. The summed E-state index contributed by atoms with van der Waals surface area (Å²) in [7, 11) is 0. The van der Waals surface area contributed by atoms with Gasteiger partial charge in [0.2, 0.25) is 0 Å². The summed E-state index contributed by atoms with van der Waals surface area (Å²) in [6.07, 6.45) is 5.02. The van der Waals surface area contributed by atoms with Crippen LogP contribution in [-0.2, 0) is 6.42 Å². The predicted molar refractivity (Wildman–Crippen MR) is 72.3 cm³/mol. The molecule has 0 aliphatic rings. The number of thiazole rings is 1. The lowest BCUT2D eigenvalue weighted by molar-refractivity contribution is 0.499. The molecule has 0 bridgehead atoms. The summed E-state index contributed by atoms with van der Waals surface area (Å²) in [6, 6.07) is 0.647. The van der Waals surface area contributed by atoms with E-state index in [4.69, 9.17) is 0 Å². The van der Waals surface area contributed by atoms with Crippen molar-refractivity contribution < 1.29 is 0 Å². The summed E-state index contributed by atoms with van der Waals surface area (Å²) >= 11 is 1.83. The fourth-order valence-corrected chi connectivity index (χ4v) is 2.79. The van der Waals surface area contributed by atoms with Crippen LogP contribution in [0.2, 0.25) is 0 Å². The van der Waals surface area contributed by atoms with Crippen LogP contribution in [0.4, 0.5) is 0 Å². The van der Waals surface area contributed by atoms with Gasteiger partial charge in [-0.05, 0) is 33.6 Å². The summed E-state index contributed by atoms with van der Waals surface area (Å²) in [5.41, 5.74) is 1.21. The SMILES string of the molecule is CCCCC(C)NCCc1sc(C)nc1C.